The molecule has 1 rings (SSSR count). The summed E-state index contributed by atoms with van der Waals surface area (Å²) in [5.41, 5.74) is 0. The zero-order valence-corrected chi connectivity index (χ0v) is 7.03. The number of hydrogen-bond acceptors (Lipinski definition) is 3. The van der Waals surface area contributed by atoms with E-state index in [0.29, 0.717) is 6.04 Å². The molecule has 3 heteroatoms. The van der Waals surface area contributed by atoms with E-state index < -0.39 is 0 Å². The van der Waals surface area contributed by atoms with Crippen molar-refractivity contribution in [2.45, 2.75) is 31.8 Å². The van der Waals surface area contributed by atoms with Crippen LogP contribution in [0.25, 0.3) is 0 Å². The summed E-state index contributed by atoms with van der Waals surface area (Å²) in [5, 5.41) is 17.8. The molecule has 3 nitrogen and oxygen atoms in total. The third-order valence-corrected chi connectivity index (χ3v) is 2.49. The Morgan fingerprint density at radius 3 is 2.45 bits per heavy atom. The lowest BCUT2D eigenvalue weighted by molar-refractivity contribution is 0.0699. The number of aliphatic hydroxyl groups is 2. The van der Waals surface area contributed by atoms with Gasteiger partial charge in [-0.15, -0.1) is 0 Å². The zero-order chi connectivity index (χ0) is 8.27. The molecule has 0 spiro atoms. The maximum atomic E-state index is 8.90. The third-order valence-electron chi connectivity index (χ3n) is 2.49. The summed E-state index contributed by atoms with van der Waals surface area (Å²) in [6, 6.07) is 0.492. The zero-order valence-electron chi connectivity index (χ0n) is 7.03. The van der Waals surface area contributed by atoms with Crippen LogP contribution in [-0.4, -0.2) is 47.0 Å². The van der Waals surface area contributed by atoms with E-state index in [4.69, 9.17) is 10.2 Å². The molecule has 1 saturated heterocycles. The topological polar surface area (TPSA) is 43.7 Å². The summed E-state index contributed by atoms with van der Waals surface area (Å²) in [4.78, 5) is 2.18. The first-order chi connectivity index (χ1) is 5.29. The molecule has 0 aromatic rings. The van der Waals surface area contributed by atoms with Crippen LogP contribution in [0.5, 0.6) is 0 Å². The maximum Gasteiger partial charge on any atom is 0.0609 e. The minimum atomic E-state index is -0.0347. The second kappa shape index (κ2) is 4.04. The normalized spacial score (nSPS) is 26.7. The molecule has 2 N–H and O–H groups in total. The predicted molar refractivity (Wildman–Crippen MR) is 43.4 cm³/mol. The van der Waals surface area contributed by atoms with E-state index in [1.54, 1.807) is 0 Å². The Hall–Kier alpha value is -0.120. The van der Waals surface area contributed by atoms with Crippen molar-refractivity contribution < 1.29 is 10.2 Å². The summed E-state index contributed by atoms with van der Waals surface area (Å²) in [6.07, 6.45) is 2.38. The van der Waals surface area contributed by atoms with Gasteiger partial charge in [-0.3, -0.25) is 4.90 Å². The van der Waals surface area contributed by atoms with Crippen LogP contribution in [0.1, 0.15) is 19.8 Å². The van der Waals surface area contributed by atoms with Gasteiger partial charge < -0.3 is 10.2 Å². The van der Waals surface area contributed by atoms with E-state index in [1.165, 1.54) is 12.8 Å². The Kier molecular flexibility index (Phi) is 3.30. The van der Waals surface area contributed by atoms with Crippen LogP contribution in [-0.2, 0) is 0 Å². The average Bonchev–Trinajstić information content (AvgIpc) is 2.40. The lowest BCUT2D eigenvalue weighted by Gasteiger charge is -2.28. The van der Waals surface area contributed by atoms with Crippen LogP contribution < -0.4 is 0 Å². The minimum Gasteiger partial charge on any atom is -0.395 e. The van der Waals surface area contributed by atoms with Gasteiger partial charge in [0.05, 0.1) is 19.3 Å². The highest BCUT2D eigenvalue weighted by atomic mass is 16.3. The molecule has 1 fully saturated rings. The molecule has 1 aliphatic rings. The van der Waals surface area contributed by atoms with Crippen LogP contribution in [0.2, 0.25) is 0 Å². The standard InChI is InChI=1S/C8H17NO2/c1-7-3-2-4-9(7)8(5-10)6-11/h7-8,10-11H,2-6H2,1H3. The van der Waals surface area contributed by atoms with Gasteiger partial charge in [0.2, 0.25) is 0 Å². The largest absolute Gasteiger partial charge is 0.395 e. The van der Waals surface area contributed by atoms with Crippen LogP contribution in [0, 0.1) is 0 Å². The van der Waals surface area contributed by atoms with Crippen molar-refractivity contribution in [1.29, 1.82) is 0 Å². The molecule has 1 unspecified atom stereocenters. The molecular formula is C8H17NO2. The first-order valence-corrected chi connectivity index (χ1v) is 4.27. The number of nitrogens with zero attached hydrogens (tertiary/aromatic N) is 1. The Morgan fingerprint density at radius 2 is 2.09 bits per heavy atom. The number of rotatable bonds is 3. The fraction of sp³-hybridized carbons (Fsp3) is 1.00. The van der Waals surface area contributed by atoms with Crippen LogP contribution in [0.4, 0.5) is 0 Å². The lowest BCUT2D eigenvalue weighted by atomic mass is 10.2. The van der Waals surface area contributed by atoms with Gasteiger partial charge in [0, 0.05) is 6.04 Å². The molecule has 1 atom stereocenters. The first-order valence-electron chi connectivity index (χ1n) is 4.27. The van der Waals surface area contributed by atoms with E-state index in [2.05, 4.69) is 11.8 Å². The van der Waals surface area contributed by atoms with Crippen LogP contribution in [0.15, 0.2) is 0 Å². The van der Waals surface area contributed by atoms with Crippen molar-refractivity contribution in [3.8, 4) is 0 Å². The van der Waals surface area contributed by atoms with Crippen molar-refractivity contribution in [1.82, 2.24) is 4.90 Å². The average molecular weight is 159 g/mol. The highest BCUT2D eigenvalue weighted by Gasteiger charge is 2.26. The molecule has 66 valence electrons. The van der Waals surface area contributed by atoms with Crippen LogP contribution >= 0.6 is 0 Å². The molecule has 1 aliphatic heterocycles. The Labute approximate surface area is 67.6 Å². The smallest absolute Gasteiger partial charge is 0.0609 e. The third kappa shape index (κ3) is 1.92. The Bertz CT molecular complexity index is 115. The van der Waals surface area contributed by atoms with E-state index in [-0.39, 0.29) is 19.3 Å². The molecule has 0 bridgehead atoms. The van der Waals surface area contributed by atoms with Gasteiger partial charge >= 0.3 is 0 Å². The Balaban J connectivity index is 2.43. The second-order valence-corrected chi connectivity index (χ2v) is 3.25. The van der Waals surface area contributed by atoms with Crippen molar-refractivity contribution in [3.05, 3.63) is 0 Å². The fourth-order valence-corrected chi connectivity index (χ4v) is 1.77. The summed E-state index contributed by atoms with van der Waals surface area (Å²) >= 11 is 0. The quantitative estimate of drug-likeness (QED) is 0.600. The van der Waals surface area contributed by atoms with Gasteiger partial charge in [0.15, 0.2) is 0 Å². The van der Waals surface area contributed by atoms with Gasteiger partial charge in [-0.25, -0.2) is 0 Å². The highest BCUT2D eigenvalue weighted by Crippen LogP contribution is 2.18. The van der Waals surface area contributed by atoms with Gasteiger partial charge in [0.1, 0.15) is 0 Å². The van der Waals surface area contributed by atoms with Gasteiger partial charge in [0.25, 0.3) is 0 Å². The molecule has 0 radical (unpaired) electrons. The Morgan fingerprint density at radius 1 is 1.45 bits per heavy atom. The lowest BCUT2D eigenvalue weighted by Crippen LogP contribution is -2.42. The van der Waals surface area contributed by atoms with Crippen molar-refractivity contribution in [3.63, 3.8) is 0 Å². The number of likely N-dealkylation sites (tertiary alicyclic amines) is 1. The molecule has 0 aromatic heterocycles. The minimum absolute atomic E-state index is 0.0347. The molecule has 0 aliphatic carbocycles. The summed E-state index contributed by atoms with van der Waals surface area (Å²) in [5.74, 6) is 0. The van der Waals surface area contributed by atoms with E-state index in [0.717, 1.165) is 6.54 Å². The highest BCUT2D eigenvalue weighted by molar-refractivity contribution is 4.81. The van der Waals surface area contributed by atoms with Crippen molar-refractivity contribution in [2.75, 3.05) is 19.8 Å². The molecule has 0 aromatic carbocycles. The number of aliphatic hydroxyl groups excluding tert-OH is 2. The molecule has 0 saturated carbocycles. The first kappa shape index (κ1) is 8.97. The summed E-state index contributed by atoms with van der Waals surface area (Å²) < 4.78 is 0. The van der Waals surface area contributed by atoms with Crippen LogP contribution in [0.3, 0.4) is 0 Å². The van der Waals surface area contributed by atoms with Gasteiger partial charge in [-0.1, -0.05) is 0 Å². The monoisotopic (exact) mass is 159 g/mol. The van der Waals surface area contributed by atoms with E-state index in [9.17, 15) is 0 Å². The maximum absolute atomic E-state index is 8.90. The summed E-state index contributed by atoms with van der Waals surface area (Å²) in [7, 11) is 0. The second-order valence-electron chi connectivity index (χ2n) is 3.25. The molecule has 0 amide bonds. The number of hydrogen-bond donors (Lipinski definition) is 2. The fourth-order valence-electron chi connectivity index (χ4n) is 1.77. The molecule has 11 heavy (non-hydrogen) atoms. The van der Waals surface area contributed by atoms with Gasteiger partial charge in [-0.2, -0.15) is 0 Å². The van der Waals surface area contributed by atoms with Gasteiger partial charge in [-0.05, 0) is 26.3 Å². The summed E-state index contributed by atoms with van der Waals surface area (Å²) in [6.45, 7) is 3.31. The van der Waals surface area contributed by atoms with Crippen molar-refractivity contribution >= 4 is 0 Å². The molecule has 1 heterocycles. The predicted octanol–water partition coefficient (Wildman–Crippen LogP) is -0.176. The van der Waals surface area contributed by atoms with E-state index in [1.807, 2.05) is 0 Å². The van der Waals surface area contributed by atoms with E-state index >= 15 is 0 Å². The molecular weight excluding hydrogens is 142 g/mol. The SMILES string of the molecule is CC1CCCN1C(CO)CO. The van der Waals surface area contributed by atoms with Crippen molar-refractivity contribution in [2.24, 2.45) is 0 Å².